The van der Waals surface area contributed by atoms with E-state index >= 15 is 0 Å². The second kappa shape index (κ2) is 14.5. The predicted molar refractivity (Wildman–Crippen MR) is 185 cm³/mol. The number of hydrogen-bond donors (Lipinski definition) is 0. The van der Waals surface area contributed by atoms with Gasteiger partial charge in [-0.05, 0) is 81.3 Å². The Morgan fingerprint density at radius 2 is 0.442 bits per heavy atom. The van der Waals surface area contributed by atoms with Gasteiger partial charge in [-0.2, -0.15) is 0 Å². The third-order valence-electron chi connectivity index (χ3n) is 8.49. The number of hydrogen-bond acceptors (Lipinski definition) is 0. The summed E-state index contributed by atoms with van der Waals surface area (Å²) in [6, 6.07) is 57.3. The molecule has 6 aromatic rings. The Labute approximate surface area is 257 Å². The second-order valence-electron chi connectivity index (χ2n) is 11.5. The molecule has 0 fully saturated rings. The molecule has 6 aromatic carbocycles. The van der Waals surface area contributed by atoms with Crippen LogP contribution < -0.4 is 0 Å². The first-order chi connectivity index (χ1) is 21.3. The van der Waals surface area contributed by atoms with E-state index in [2.05, 4.69) is 158 Å². The van der Waals surface area contributed by atoms with Gasteiger partial charge in [0.05, 0.1) is 0 Å². The van der Waals surface area contributed by atoms with Crippen LogP contribution >= 0.6 is 0 Å². The summed E-state index contributed by atoms with van der Waals surface area (Å²) in [7, 11) is 0. The number of unbranched alkanes of at least 4 members (excludes halogenated alkanes) is 4. The van der Waals surface area contributed by atoms with Crippen molar-refractivity contribution in [3.63, 3.8) is 0 Å². The van der Waals surface area contributed by atoms with Crippen molar-refractivity contribution in [3.8, 4) is 44.5 Å². The van der Waals surface area contributed by atoms with Gasteiger partial charge in [0.25, 0.3) is 0 Å². The van der Waals surface area contributed by atoms with Crippen LogP contribution in [0.25, 0.3) is 44.5 Å². The summed E-state index contributed by atoms with van der Waals surface area (Å²) in [4.78, 5) is 0. The van der Waals surface area contributed by atoms with Crippen molar-refractivity contribution in [1.82, 2.24) is 0 Å². The molecule has 0 atom stereocenters. The fourth-order valence-corrected chi connectivity index (χ4v) is 5.89. The Bertz CT molecular complexity index is 1530. The lowest BCUT2D eigenvalue weighted by atomic mass is 9.98. The van der Waals surface area contributed by atoms with Gasteiger partial charge in [0.2, 0.25) is 0 Å². The molecule has 212 valence electrons. The average Bonchev–Trinajstić information content (AvgIpc) is 3.09. The minimum atomic E-state index is 1.17. The van der Waals surface area contributed by atoms with Crippen LogP contribution in [0.4, 0.5) is 0 Å². The molecule has 0 spiro atoms. The normalized spacial score (nSPS) is 11.0. The molecule has 0 aliphatic carbocycles. The molecule has 0 amide bonds. The predicted octanol–water partition coefficient (Wildman–Crippen LogP) is 12.1. The molecule has 0 unspecified atom stereocenters. The molecular formula is C43H40. The average molecular weight is 557 g/mol. The molecule has 0 radical (unpaired) electrons. The van der Waals surface area contributed by atoms with Crippen molar-refractivity contribution >= 4 is 0 Å². The minimum Gasteiger partial charge on any atom is -0.0622 e. The van der Waals surface area contributed by atoms with Gasteiger partial charge in [-0.1, -0.05) is 177 Å². The summed E-state index contributed by atoms with van der Waals surface area (Å²) in [5.41, 5.74) is 13.1. The second-order valence-corrected chi connectivity index (χ2v) is 11.5. The summed E-state index contributed by atoms with van der Waals surface area (Å²) in [6.07, 6.45) is 8.80. The van der Waals surface area contributed by atoms with Crippen LogP contribution in [0.3, 0.4) is 0 Å². The highest BCUT2D eigenvalue weighted by molar-refractivity contribution is 5.71. The topological polar surface area (TPSA) is 0 Å². The van der Waals surface area contributed by atoms with E-state index < -0.39 is 0 Å². The van der Waals surface area contributed by atoms with Crippen LogP contribution in [-0.2, 0) is 12.8 Å². The van der Waals surface area contributed by atoms with Gasteiger partial charge in [0.15, 0.2) is 0 Å². The van der Waals surface area contributed by atoms with Gasteiger partial charge in [0, 0.05) is 0 Å². The fraction of sp³-hybridized carbons (Fsp3) is 0.163. The van der Waals surface area contributed by atoms with E-state index in [9.17, 15) is 0 Å². The van der Waals surface area contributed by atoms with Crippen molar-refractivity contribution in [2.45, 2.75) is 44.9 Å². The van der Waals surface area contributed by atoms with Crippen molar-refractivity contribution in [2.24, 2.45) is 0 Å². The number of rotatable bonds is 12. The molecule has 0 aromatic heterocycles. The SMILES string of the molecule is c1ccc(-c2ccc(-c3ccc(CCCCCCCc4ccc(-c5ccc(-c6ccccc6)cc5)cc4)cc3)cc2)cc1. The lowest BCUT2D eigenvalue weighted by Gasteiger charge is -2.08. The van der Waals surface area contributed by atoms with E-state index in [1.54, 1.807) is 0 Å². The van der Waals surface area contributed by atoms with E-state index in [-0.39, 0.29) is 0 Å². The zero-order valence-corrected chi connectivity index (χ0v) is 25.0. The zero-order chi connectivity index (χ0) is 29.1. The van der Waals surface area contributed by atoms with Crippen LogP contribution in [0.1, 0.15) is 43.2 Å². The molecule has 0 aliphatic rings. The lowest BCUT2D eigenvalue weighted by molar-refractivity contribution is 0.613. The first-order valence-corrected chi connectivity index (χ1v) is 15.8. The van der Waals surface area contributed by atoms with Gasteiger partial charge in [-0.25, -0.2) is 0 Å². The molecule has 0 heterocycles. The van der Waals surface area contributed by atoms with E-state index in [4.69, 9.17) is 0 Å². The maximum atomic E-state index is 2.31. The van der Waals surface area contributed by atoms with Crippen molar-refractivity contribution in [1.29, 1.82) is 0 Å². The van der Waals surface area contributed by atoms with E-state index in [1.807, 2.05) is 0 Å². The Balaban J connectivity index is 0.887. The van der Waals surface area contributed by atoms with Crippen LogP contribution in [0.2, 0.25) is 0 Å². The summed E-state index contributed by atoms with van der Waals surface area (Å²) < 4.78 is 0. The summed E-state index contributed by atoms with van der Waals surface area (Å²) in [5, 5.41) is 0. The van der Waals surface area contributed by atoms with Gasteiger partial charge in [-0.3, -0.25) is 0 Å². The molecule has 0 saturated heterocycles. The van der Waals surface area contributed by atoms with Gasteiger partial charge in [0.1, 0.15) is 0 Å². The standard InChI is InChI=1S/C43H40/c1(2-6-12-34-18-22-38(23-19-34)42-30-26-40(27-31-42)36-14-8-4-9-15-36)3-7-13-35-20-24-39(25-21-35)43-32-28-41(29-33-43)37-16-10-5-11-17-37/h4-5,8-11,14-33H,1-3,6-7,12-13H2. The van der Waals surface area contributed by atoms with E-state index in [0.717, 1.165) is 0 Å². The monoisotopic (exact) mass is 556 g/mol. The first-order valence-electron chi connectivity index (χ1n) is 15.8. The first kappa shape index (κ1) is 28.4. The molecule has 0 bridgehead atoms. The molecule has 6 rings (SSSR count). The Morgan fingerprint density at radius 3 is 0.744 bits per heavy atom. The summed E-state index contributed by atoms with van der Waals surface area (Å²) >= 11 is 0. The molecule has 0 N–H and O–H groups in total. The quantitative estimate of drug-likeness (QED) is 0.132. The number of benzene rings is 6. The van der Waals surface area contributed by atoms with Crippen molar-refractivity contribution < 1.29 is 0 Å². The molecule has 0 saturated carbocycles. The maximum Gasteiger partial charge on any atom is -0.0184 e. The van der Waals surface area contributed by atoms with Crippen molar-refractivity contribution in [3.05, 3.63) is 169 Å². The fourth-order valence-electron chi connectivity index (χ4n) is 5.89. The van der Waals surface area contributed by atoms with Crippen LogP contribution in [-0.4, -0.2) is 0 Å². The largest absolute Gasteiger partial charge is 0.0622 e. The molecule has 43 heavy (non-hydrogen) atoms. The highest BCUT2D eigenvalue weighted by Gasteiger charge is 2.03. The molecule has 0 heteroatoms. The Morgan fingerprint density at radius 1 is 0.209 bits per heavy atom. The van der Waals surface area contributed by atoms with Gasteiger partial charge >= 0.3 is 0 Å². The van der Waals surface area contributed by atoms with Gasteiger partial charge < -0.3 is 0 Å². The smallest absolute Gasteiger partial charge is 0.0184 e. The third kappa shape index (κ3) is 7.79. The number of aryl methyl sites for hydroxylation is 2. The Kier molecular flexibility index (Phi) is 9.57. The highest BCUT2D eigenvalue weighted by Crippen LogP contribution is 2.27. The van der Waals surface area contributed by atoms with Gasteiger partial charge in [-0.15, -0.1) is 0 Å². The minimum absolute atomic E-state index is 1.17. The van der Waals surface area contributed by atoms with E-state index in [0.29, 0.717) is 0 Å². The molecular weight excluding hydrogens is 516 g/mol. The lowest BCUT2D eigenvalue weighted by Crippen LogP contribution is -1.89. The highest BCUT2D eigenvalue weighted by atomic mass is 14.1. The third-order valence-corrected chi connectivity index (χ3v) is 8.49. The van der Waals surface area contributed by atoms with Crippen LogP contribution in [0, 0.1) is 0 Å². The Hall–Kier alpha value is -4.68. The molecule has 0 aliphatic heterocycles. The van der Waals surface area contributed by atoms with Crippen molar-refractivity contribution in [2.75, 3.05) is 0 Å². The van der Waals surface area contributed by atoms with Crippen LogP contribution in [0.5, 0.6) is 0 Å². The van der Waals surface area contributed by atoms with E-state index in [1.165, 1.54) is 101 Å². The summed E-state index contributed by atoms with van der Waals surface area (Å²) in [5.74, 6) is 0. The summed E-state index contributed by atoms with van der Waals surface area (Å²) in [6.45, 7) is 0. The van der Waals surface area contributed by atoms with Crippen LogP contribution in [0.15, 0.2) is 158 Å². The maximum absolute atomic E-state index is 2.31. The zero-order valence-electron chi connectivity index (χ0n) is 25.0. The molecule has 0 nitrogen and oxygen atoms in total.